The lowest BCUT2D eigenvalue weighted by Crippen LogP contribution is -2.33. The summed E-state index contributed by atoms with van der Waals surface area (Å²) in [5.74, 6) is 1.07. The maximum Gasteiger partial charge on any atom is 0.188 e. The first kappa shape index (κ1) is 17.2. The van der Waals surface area contributed by atoms with Crippen LogP contribution in [0.3, 0.4) is 0 Å². The van der Waals surface area contributed by atoms with Gasteiger partial charge in [0.05, 0.1) is 0 Å². The van der Waals surface area contributed by atoms with Crippen LogP contribution in [0.15, 0.2) is 23.5 Å². The molecule has 0 unspecified atom stereocenters. The van der Waals surface area contributed by atoms with Gasteiger partial charge in [-0.3, -0.25) is 9.98 Å². The van der Waals surface area contributed by atoms with E-state index in [1.807, 2.05) is 18.5 Å². The second-order valence-corrected chi connectivity index (χ2v) is 4.60. The van der Waals surface area contributed by atoms with Crippen LogP contribution in [0, 0.1) is 12.8 Å². The van der Waals surface area contributed by atoms with Crippen molar-refractivity contribution in [3.8, 4) is 0 Å². The molecule has 0 atom stereocenters. The summed E-state index contributed by atoms with van der Waals surface area (Å²) in [4.78, 5) is 8.32. The van der Waals surface area contributed by atoms with E-state index in [0.29, 0.717) is 11.9 Å². The van der Waals surface area contributed by atoms with Gasteiger partial charge >= 0.3 is 0 Å². The van der Waals surface area contributed by atoms with Crippen molar-refractivity contribution in [2.24, 2.45) is 16.6 Å². The molecule has 0 aliphatic heterocycles. The van der Waals surface area contributed by atoms with Crippen LogP contribution in [0.4, 0.5) is 0 Å². The number of nitrogens with zero attached hydrogens (tertiary/aromatic N) is 2. The normalized spacial score (nSPS) is 11.2. The molecule has 0 aromatic carbocycles. The summed E-state index contributed by atoms with van der Waals surface area (Å²) in [6.07, 6.45) is 4.64. The highest BCUT2D eigenvalue weighted by molar-refractivity contribution is 14.0. The predicted octanol–water partition coefficient (Wildman–Crippen LogP) is 2.11. The second-order valence-electron chi connectivity index (χ2n) is 4.60. The third-order valence-corrected chi connectivity index (χ3v) is 2.46. The first-order valence-corrected chi connectivity index (χ1v) is 6.03. The van der Waals surface area contributed by atoms with E-state index < -0.39 is 0 Å². The Hall–Kier alpha value is -0.850. The molecule has 0 aliphatic rings. The van der Waals surface area contributed by atoms with Crippen molar-refractivity contribution in [2.45, 2.75) is 27.2 Å². The Morgan fingerprint density at radius 3 is 2.83 bits per heavy atom. The molecule has 0 radical (unpaired) electrons. The molecule has 0 spiro atoms. The van der Waals surface area contributed by atoms with E-state index in [9.17, 15) is 0 Å². The van der Waals surface area contributed by atoms with Gasteiger partial charge in [0.15, 0.2) is 5.96 Å². The predicted molar refractivity (Wildman–Crippen MR) is 87.4 cm³/mol. The number of guanidine groups is 1. The molecule has 5 heteroatoms. The number of aryl methyl sites for hydroxylation is 1. The fourth-order valence-electron chi connectivity index (χ4n) is 1.44. The fraction of sp³-hybridized carbons (Fsp3) is 0.538. The minimum absolute atomic E-state index is 0. The van der Waals surface area contributed by atoms with Crippen LogP contribution in [0.1, 0.15) is 25.0 Å². The van der Waals surface area contributed by atoms with Crippen LogP contribution in [-0.4, -0.2) is 24.0 Å². The van der Waals surface area contributed by atoms with Gasteiger partial charge in [0, 0.05) is 25.5 Å². The largest absolute Gasteiger partial charge is 0.370 e. The average molecular weight is 362 g/mol. The van der Waals surface area contributed by atoms with E-state index in [2.05, 4.69) is 36.1 Å². The van der Waals surface area contributed by atoms with E-state index in [1.54, 1.807) is 0 Å². The summed E-state index contributed by atoms with van der Waals surface area (Å²) in [6, 6.07) is 2.04. The molecule has 3 N–H and O–H groups in total. The number of aromatic nitrogens is 1. The molecule has 0 fully saturated rings. The molecule has 1 aromatic heterocycles. The monoisotopic (exact) mass is 362 g/mol. The summed E-state index contributed by atoms with van der Waals surface area (Å²) >= 11 is 0. The van der Waals surface area contributed by atoms with Crippen molar-refractivity contribution >= 4 is 29.9 Å². The second kappa shape index (κ2) is 9.13. The van der Waals surface area contributed by atoms with Crippen LogP contribution in [0.5, 0.6) is 0 Å². The van der Waals surface area contributed by atoms with Crippen molar-refractivity contribution in [3.05, 3.63) is 29.6 Å². The zero-order chi connectivity index (χ0) is 12.7. The average Bonchev–Trinajstić information content (AvgIpc) is 2.29. The topological polar surface area (TPSA) is 63.3 Å². The molecule has 0 bridgehead atoms. The zero-order valence-corrected chi connectivity index (χ0v) is 13.6. The smallest absolute Gasteiger partial charge is 0.188 e. The van der Waals surface area contributed by atoms with Gasteiger partial charge in [-0.15, -0.1) is 24.0 Å². The lowest BCUT2D eigenvalue weighted by Gasteiger charge is -2.08. The van der Waals surface area contributed by atoms with Crippen molar-refractivity contribution < 1.29 is 0 Å². The third kappa shape index (κ3) is 6.78. The Labute approximate surface area is 126 Å². The fourth-order valence-corrected chi connectivity index (χ4v) is 1.44. The Morgan fingerprint density at radius 2 is 2.22 bits per heavy atom. The lowest BCUT2D eigenvalue weighted by atomic mass is 10.1. The zero-order valence-electron chi connectivity index (χ0n) is 11.3. The molecule has 0 saturated heterocycles. The minimum Gasteiger partial charge on any atom is -0.370 e. The van der Waals surface area contributed by atoms with Gasteiger partial charge in [-0.2, -0.15) is 0 Å². The first-order valence-electron chi connectivity index (χ1n) is 6.03. The van der Waals surface area contributed by atoms with Gasteiger partial charge < -0.3 is 11.1 Å². The lowest BCUT2D eigenvalue weighted by molar-refractivity contribution is 0.661. The molecule has 4 nitrogen and oxygen atoms in total. The highest BCUT2D eigenvalue weighted by Crippen LogP contribution is 2.04. The minimum atomic E-state index is 0. The van der Waals surface area contributed by atoms with Gasteiger partial charge in [-0.25, -0.2) is 0 Å². The van der Waals surface area contributed by atoms with E-state index in [0.717, 1.165) is 19.5 Å². The summed E-state index contributed by atoms with van der Waals surface area (Å²) < 4.78 is 0. The van der Waals surface area contributed by atoms with Gasteiger partial charge in [0.25, 0.3) is 0 Å². The first-order chi connectivity index (χ1) is 8.09. The summed E-state index contributed by atoms with van der Waals surface area (Å²) in [5.41, 5.74) is 8.26. The van der Waals surface area contributed by atoms with Crippen LogP contribution < -0.4 is 11.1 Å². The van der Waals surface area contributed by atoms with Crippen LogP contribution in [-0.2, 0) is 6.42 Å². The van der Waals surface area contributed by atoms with Crippen molar-refractivity contribution in [1.82, 2.24) is 10.3 Å². The standard InChI is InChI=1S/C13H22N4.HI/c1-10(2)8-17-13(14)16-7-5-12-4-6-15-9-11(12)3;/h4,6,9-10H,5,7-8H2,1-3H3,(H3,14,16,17);1H. The number of nitrogens with two attached hydrogens (primary N) is 1. The number of hydrogen-bond acceptors (Lipinski definition) is 2. The van der Waals surface area contributed by atoms with Gasteiger partial charge in [-0.05, 0) is 36.5 Å². The molecule has 1 rings (SSSR count). The molecule has 0 saturated carbocycles. The number of hydrogen-bond donors (Lipinski definition) is 2. The van der Waals surface area contributed by atoms with Crippen molar-refractivity contribution in [1.29, 1.82) is 0 Å². The maximum atomic E-state index is 5.75. The van der Waals surface area contributed by atoms with E-state index in [-0.39, 0.29) is 24.0 Å². The van der Waals surface area contributed by atoms with Gasteiger partial charge in [0.2, 0.25) is 0 Å². The Kier molecular flexibility index (Phi) is 8.70. The van der Waals surface area contributed by atoms with Crippen molar-refractivity contribution in [3.63, 3.8) is 0 Å². The number of pyridine rings is 1. The van der Waals surface area contributed by atoms with Crippen molar-refractivity contribution in [2.75, 3.05) is 13.1 Å². The summed E-state index contributed by atoms with van der Waals surface area (Å²) in [5, 5.41) is 3.12. The molecule has 1 aromatic rings. The van der Waals surface area contributed by atoms with Gasteiger partial charge in [0.1, 0.15) is 0 Å². The summed E-state index contributed by atoms with van der Waals surface area (Å²) in [6.45, 7) is 7.89. The Balaban J connectivity index is 0.00000289. The Bertz CT molecular complexity index is 377. The van der Waals surface area contributed by atoms with Crippen LogP contribution in [0.25, 0.3) is 0 Å². The highest BCUT2D eigenvalue weighted by atomic mass is 127. The molecular weight excluding hydrogens is 339 g/mol. The van der Waals surface area contributed by atoms with Crippen LogP contribution in [0.2, 0.25) is 0 Å². The Morgan fingerprint density at radius 1 is 1.50 bits per heavy atom. The summed E-state index contributed by atoms with van der Waals surface area (Å²) in [7, 11) is 0. The number of halogens is 1. The number of rotatable bonds is 5. The SMILES string of the molecule is Cc1cnccc1CCNC(N)=NCC(C)C.I. The number of nitrogens with one attached hydrogen (secondary N) is 1. The molecule has 102 valence electrons. The van der Waals surface area contributed by atoms with E-state index in [4.69, 9.17) is 5.73 Å². The molecule has 1 heterocycles. The van der Waals surface area contributed by atoms with Gasteiger partial charge in [-0.1, -0.05) is 13.8 Å². The van der Waals surface area contributed by atoms with E-state index >= 15 is 0 Å². The third-order valence-electron chi connectivity index (χ3n) is 2.46. The van der Waals surface area contributed by atoms with E-state index in [1.165, 1.54) is 11.1 Å². The number of aliphatic imine (C=N–C) groups is 1. The highest BCUT2D eigenvalue weighted by Gasteiger charge is 1.98. The maximum absolute atomic E-state index is 5.75. The quantitative estimate of drug-likeness (QED) is 0.479. The molecule has 0 amide bonds. The van der Waals surface area contributed by atoms with Crippen LogP contribution >= 0.6 is 24.0 Å². The molecule has 0 aliphatic carbocycles. The molecule has 18 heavy (non-hydrogen) atoms. The molecular formula is C13H23IN4.